The van der Waals surface area contributed by atoms with Crippen LogP contribution < -0.4 is 4.90 Å². The smallest absolute Gasteiger partial charge is 0.258 e. The first-order chi connectivity index (χ1) is 12.7. The molecule has 0 spiro atoms. The maximum Gasteiger partial charge on any atom is 0.258 e. The van der Waals surface area contributed by atoms with E-state index >= 15 is 0 Å². The van der Waals surface area contributed by atoms with Crippen molar-refractivity contribution >= 4 is 27.5 Å². The van der Waals surface area contributed by atoms with Crippen LogP contribution in [0.4, 0.5) is 5.69 Å². The van der Waals surface area contributed by atoms with E-state index in [1.165, 1.54) is 32.1 Å². The minimum atomic E-state index is 0.158. The van der Waals surface area contributed by atoms with Gasteiger partial charge in [-0.25, -0.2) is 0 Å². The topological polar surface area (TPSA) is 20.3 Å². The Morgan fingerprint density at radius 1 is 0.808 bits per heavy atom. The number of hydrogen-bond donors (Lipinski definition) is 0. The van der Waals surface area contributed by atoms with Crippen molar-refractivity contribution in [2.75, 3.05) is 4.90 Å². The summed E-state index contributed by atoms with van der Waals surface area (Å²) in [7, 11) is 0. The number of benzene rings is 2. The third-order valence-corrected chi connectivity index (χ3v) is 7.35. The molecule has 0 heterocycles. The van der Waals surface area contributed by atoms with Crippen molar-refractivity contribution < 1.29 is 4.79 Å². The first kappa shape index (κ1) is 16.6. The SMILES string of the molecule is O=C(c1ccccc1)N(c1ccc(Br)cc1)C1C2CC3CC(C2)CC1C3. The highest BCUT2D eigenvalue weighted by Gasteiger charge is 2.51. The number of anilines is 1. The fourth-order valence-electron chi connectivity index (χ4n) is 6.06. The van der Waals surface area contributed by atoms with Gasteiger partial charge in [0.1, 0.15) is 0 Å². The number of carbonyl (C=O) groups excluding carboxylic acids is 1. The van der Waals surface area contributed by atoms with Crippen LogP contribution in [0, 0.1) is 23.7 Å². The van der Waals surface area contributed by atoms with Crippen molar-refractivity contribution in [3.05, 3.63) is 64.6 Å². The fourth-order valence-corrected chi connectivity index (χ4v) is 6.33. The van der Waals surface area contributed by atoms with E-state index in [9.17, 15) is 4.79 Å². The lowest BCUT2D eigenvalue weighted by atomic mass is 9.53. The summed E-state index contributed by atoms with van der Waals surface area (Å²) < 4.78 is 1.05. The van der Waals surface area contributed by atoms with Crippen LogP contribution in [0.2, 0.25) is 0 Å². The van der Waals surface area contributed by atoms with Crippen LogP contribution in [0.15, 0.2) is 59.1 Å². The summed E-state index contributed by atoms with van der Waals surface area (Å²) in [5.74, 6) is 3.32. The van der Waals surface area contributed by atoms with Gasteiger partial charge in [0, 0.05) is 21.8 Å². The summed E-state index contributed by atoms with van der Waals surface area (Å²) in [6.07, 6.45) is 6.68. The lowest BCUT2D eigenvalue weighted by Gasteiger charge is -2.57. The van der Waals surface area contributed by atoms with Gasteiger partial charge >= 0.3 is 0 Å². The van der Waals surface area contributed by atoms with Crippen molar-refractivity contribution in [3.8, 4) is 0 Å². The summed E-state index contributed by atoms with van der Waals surface area (Å²) in [4.78, 5) is 15.7. The first-order valence-electron chi connectivity index (χ1n) is 9.83. The molecule has 26 heavy (non-hydrogen) atoms. The van der Waals surface area contributed by atoms with E-state index in [2.05, 4.69) is 45.1 Å². The molecule has 3 heteroatoms. The van der Waals surface area contributed by atoms with Crippen LogP contribution in [-0.4, -0.2) is 11.9 Å². The number of halogens is 1. The summed E-state index contributed by atoms with van der Waals surface area (Å²) in [6.45, 7) is 0. The number of carbonyl (C=O) groups is 1. The van der Waals surface area contributed by atoms with Gasteiger partial charge < -0.3 is 4.90 Å². The van der Waals surface area contributed by atoms with Gasteiger partial charge in [0.05, 0.1) is 0 Å². The third-order valence-electron chi connectivity index (χ3n) is 6.82. The van der Waals surface area contributed by atoms with E-state index in [-0.39, 0.29) is 5.91 Å². The Morgan fingerprint density at radius 3 is 1.96 bits per heavy atom. The molecule has 2 aromatic carbocycles. The molecule has 2 aromatic rings. The van der Waals surface area contributed by atoms with Gasteiger partial charge in [-0.1, -0.05) is 34.1 Å². The van der Waals surface area contributed by atoms with Crippen LogP contribution in [0.3, 0.4) is 0 Å². The molecule has 134 valence electrons. The Labute approximate surface area is 163 Å². The molecule has 4 aliphatic carbocycles. The van der Waals surface area contributed by atoms with Crippen LogP contribution in [0.5, 0.6) is 0 Å². The Morgan fingerprint density at radius 2 is 1.38 bits per heavy atom. The zero-order valence-corrected chi connectivity index (χ0v) is 16.4. The zero-order chi connectivity index (χ0) is 17.7. The van der Waals surface area contributed by atoms with Crippen LogP contribution in [0.25, 0.3) is 0 Å². The average Bonchev–Trinajstić information content (AvgIpc) is 2.65. The third kappa shape index (κ3) is 2.81. The van der Waals surface area contributed by atoms with Gasteiger partial charge in [0.25, 0.3) is 5.91 Å². The largest absolute Gasteiger partial charge is 0.305 e. The van der Waals surface area contributed by atoms with Gasteiger partial charge in [-0.05, 0) is 92.2 Å². The number of amides is 1. The summed E-state index contributed by atoms with van der Waals surface area (Å²) in [5, 5.41) is 0. The zero-order valence-electron chi connectivity index (χ0n) is 14.9. The standard InChI is InChI=1S/C23H24BrNO/c24-20-6-8-21(9-7-20)25(23(26)17-4-2-1-3-5-17)22-18-11-15-10-16(13-18)14-19(22)12-15/h1-9,15-16,18-19,22H,10-14H2. The molecule has 4 aliphatic rings. The van der Waals surface area contributed by atoms with Crippen LogP contribution >= 0.6 is 15.9 Å². The second kappa shape index (κ2) is 6.53. The predicted octanol–water partition coefficient (Wildman–Crippen LogP) is 5.92. The molecule has 6 rings (SSSR count). The van der Waals surface area contributed by atoms with E-state index in [0.29, 0.717) is 17.9 Å². The molecule has 0 aliphatic heterocycles. The molecular weight excluding hydrogens is 386 g/mol. The van der Waals surface area contributed by atoms with Crippen LogP contribution in [-0.2, 0) is 0 Å². The maximum atomic E-state index is 13.6. The molecule has 4 bridgehead atoms. The highest BCUT2D eigenvalue weighted by Crippen LogP contribution is 2.55. The molecular formula is C23H24BrNO. The Kier molecular flexibility index (Phi) is 4.16. The number of hydrogen-bond acceptors (Lipinski definition) is 1. The Balaban J connectivity index is 1.56. The second-order valence-electron chi connectivity index (χ2n) is 8.44. The Bertz CT molecular complexity index is 773. The van der Waals surface area contributed by atoms with Crippen molar-refractivity contribution in [2.45, 2.75) is 38.1 Å². The van der Waals surface area contributed by atoms with Crippen molar-refractivity contribution in [1.29, 1.82) is 0 Å². The highest BCUT2D eigenvalue weighted by atomic mass is 79.9. The quantitative estimate of drug-likeness (QED) is 0.615. The molecule has 0 radical (unpaired) electrons. The van der Waals surface area contributed by atoms with E-state index < -0.39 is 0 Å². The van der Waals surface area contributed by atoms with Gasteiger partial charge in [0.15, 0.2) is 0 Å². The molecule has 4 saturated carbocycles. The fraction of sp³-hybridized carbons (Fsp3) is 0.435. The van der Waals surface area contributed by atoms with Crippen molar-refractivity contribution in [1.82, 2.24) is 0 Å². The minimum Gasteiger partial charge on any atom is -0.305 e. The monoisotopic (exact) mass is 409 g/mol. The molecule has 0 unspecified atom stereocenters. The summed E-state index contributed by atoms with van der Waals surface area (Å²) >= 11 is 3.53. The predicted molar refractivity (Wildman–Crippen MR) is 108 cm³/mol. The Hall–Kier alpha value is -1.61. The molecule has 2 nitrogen and oxygen atoms in total. The molecule has 0 atom stereocenters. The molecule has 1 amide bonds. The van der Waals surface area contributed by atoms with Gasteiger partial charge in [-0.2, -0.15) is 0 Å². The van der Waals surface area contributed by atoms with Gasteiger partial charge in [-0.15, -0.1) is 0 Å². The molecule has 0 N–H and O–H groups in total. The molecule has 4 fully saturated rings. The lowest BCUT2D eigenvalue weighted by molar-refractivity contribution is -0.00224. The normalized spacial score (nSPS) is 31.8. The summed E-state index contributed by atoms with van der Waals surface area (Å²) in [5.41, 5.74) is 1.84. The highest BCUT2D eigenvalue weighted by molar-refractivity contribution is 9.10. The van der Waals surface area contributed by atoms with Crippen molar-refractivity contribution in [3.63, 3.8) is 0 Å². The summed E-state index contributed by atoms with van der Waals surface area (Å²) in [6, 6.07) is 18.4. The van der Waals surface area contributed by atoms with Gasteiger partial charge in [0.2, 0.25) is 0 Å². The maximum absolute atomic E-state index is 13.6. The number of rotatable bonds is 3. The molecule has 0 saturated heterocycles. The first-order valence-corrected chi connectivity index (χ1v) is 10.6. The van der Waals surface area contributed by atoms with Gasteiger partial charge in [-0.3, -0.25) is 4.79 Å². The van der Waals surface area contributed by atoms with Crippen molar-refractivity contribution in [2.24, 2.45) is 23.7 Å². The van der Waals surface area contributed by atoms with E-state index in [4.69, 9.17) is 0 Å². The lowest BCUT2D eigenvalue weighted by Crippen LogP contribution is -2.57. The number of nitrogens with zero attached hydrogens (tertiary/aromatic N) is 1. The molecule has 0 aromatic heterocycles. The minimum absolute atomic E-state index is 0.158. The van der Waals surface area contributed by atoms with E-state index in [1.54, 1.807) is 0 Å². The van der Waals surface area contributed by atoms with E-state index in [0.717, 1.165) is 27.6 Å². The van der Waals surface area contributed by atoms with Crippen LogP contribution in [0.1, 0.15) is 42.5 Å². The average molecular weight is 410 g/mol. The second-order valence-corrected chi connectivity index (χ2v) is 9.35. The van der Waals surface area contributed by atoms with E-state index in [1.807, 2.05) is 30.3 Å².